The average molecular weight is 218 g/mol. The summed E-state index contributed by atoms with van der Waals surface area (Å²) in [6.45, 7) is 1.29. The first-order valence-electron chi connectivity index (χ1n) is 4.18. The van der Waals surface area contributed by atoms with Crippen molar-refractivity contribution in [2.24, 2.45) is 5.84 Å². The van der Waals surface area contributed by atoms with E-state index in [1.807, 2.05) is 19.0 Å². The molecule has 1 atom stereocenters. The first kappa shape index (κ1) is 11.4. The molecular formula is C7H14N4O2S. The van der Waals surface area contributed by atoms with E-state index in [1.165, 1.54) is 5.01 Å². The van der Waals surface area contributed by atoms with Crippen molar-refractivity contribution in [1.82, 2.24) is 15.2 Å². The van der Waals surface area contributed by atoms with Gasteiger partial charge < -0.3 is 4.90 Å². The molecule has 1 saturated heterocycles. The maximum absolute atomic E-state index is 11.2. The zero-order chi connectivity index (χ0) is 10.7. The van der Waals surface area contributed by atoms with Crippen molar-refractivity contribution in [1.29, 1.82) is 0 Å². The van der Waals surface area contributed by atoms with Gasteiger partial charge in [0.05, 0.1) is 0 Å². The van der Waals surface area contributed by atoms with Crippen LogP contribution < -0.4 is 11.2 Å². The molecule has 7 heteroatoms. The molecular weight excluding hydrogens is 204 g/mol. The lowest BCUT2D eigenvalue weighted by molar-refractivity contribution is -0.121. The number of hydrazine groups is 1. The molecule has 1 aliphatic heterocycles. The van der Waals surface area contributed by atoms with Crippen LogP contribution in [0.3, 0.4) is 0 Å². The van der Waals surface area contributed by atoms with Gasteiger partial charge in [0, 0.05) is 13.1 Å². The van der Waals surface area contributed by atoms with E-state index in [0.717, 1.165) is 18.3 Å². The van der Waals surface area contributed by atoms with Gasteiger partial charge in [0.2, 0.25) is 0 Å². The number of nitrogens with two attached hydrogens (primary N) is 1. The lowest BCUT2D eigenvalue weighted by atomic mass is 10.5. The predicted octanol–water partition coefficient (Wildman–Crippen LogP) is -0.967. The van der Waals surface area contributed by atoms with Crippen LogP contribution in [-0.2, 0) is 4.79 Å². The van der Waals surface area contributed by atoms with E-state index in [4.69, 9.17) is 5.84 Å². The maximum atomic E-state index is 11.2. The lowest BCUT2D eigenvalue weighted by Crippen LogP contribution is -2.46. The number of likely N-dealkylation sites (N-methyl/N-ethyl adjacent to an activating group) is 1. The Balaban J connectivity index is 2.40. The Bertz CT molecular complexity index is 246. The Morgan fingerprint density at radius 2 is 2.07 bits per heavy atom. The van der Waals surface area contributed by atoms with Crippen LogP contribution in [0, 0.1) is 0 Å². The Kier molecular flexibility index (Phi) is 3.87. The van der Waals surface area contributed by atoms with Gasteiger partial charge in [0.1, 0.15) is 0 Å². The number of amides is 2. The van der Waals surface area contributed by atoms with Crippen molar-refractivity contribution in [2.75, 3.05) is 27.2 Å². The number of imide groups is 1. The minimum Gasteiger partial charge on any atom is -0.308 e. The highest BCUT2D eigenvalue weighted by molar-refractivity contribution is 8.15. The molecule has 0 aliphatic carbocycles. The SMILES string of the molecule is CN(C)CCN(N)C1SC(=O)NC1=O. The van der Waals surface area contributed by atoms with Gasteiger partial charge in [-0.05, 0) is 25.9 Å². The highest BCUT2D eigenvalue weighted by Gasteiger charge is 2.34. The molecule has 1 rings (SSSR count). The standard InChI is InChI=1S/C7H14N4O2S/c1-10(2)3-4-11(8)6-5(12)9-7(13)14-6/h6H,3-4,8H2,1-2H3,(H,9,12,13). The van der Waals surface area contributed by atoms with Crippen molar-refractivity contribution in [3.05, 3.63) is 0 Å². The zero-order valence-electron chi connectivity index (χ0n) is 8.19. The summed E-state index contributed by atoms with van der Waals surface area (Å²) >= 11 is 0.916. The van der Waals surface area contributed by atoms with E-state index in [-0.39, 0.29) is 11.1 Å². The second-order valence-corrected chi connectivity index (χ2v) is 4.34. The van der Waals surface area contributed by atoms with Crippen molar-refractivity contribution in [3.63, 3.8) is 0 Å². The molecule has 0 spiro atoms. The number of carbonyl (C=O) groups excluding carboxylic acids is 2. The quantitative estimate of drug-likeness (QED) is 0.467. The van der Waals surface area contributed by atoms with E-state index in [0.29, 0.717) is 6.54 Å². The first-order chi connectivity index (χ1) is 6.50. The first-order valence-corrected chi connectivity index (χ1v) is 5.06. The van der Waals surface area contributed by atoms with E-state index in [9.17, 15) is 9.59 Å². The number of hydrogen-bond acceptors (Lipinski definition) is 6. The summed E-state index contributed by atoms with van der Waals surface area (Å²) in [5.74, 6) is 5.32. The fraction of sp³-hybridized carbons (Fsp3) is 0.714. The second kappa shape index (κ2) is 4.74. The molecule has 80 valence electrons. The molecule has 1 unspecified atom stereocenters. The molecule has 1 fully saturated rings. The second-order valence-electron chi connectivity index (χ2n) is 3.29. The van der Waals surface area contributed by atoms with Crippen LogP contribution in [0.5, 0.6) is 0 Å². The molecule has 0 aromatic heterocycles. The van der Waals surface area contributed by atoms with Crippen molar-refractivity contribution in [2.45, 2.75) is 5.37 Å². The van der Waals surface area contributed by atoms with Crippen molar-refractivity contribution >= 4 is 22.9 Å². The molecule has 3 N–H and O–H groups in total. The molecule has 14 heavy (non-hydrogen) atoms. The van der Waals surface area contributed by atoms with Crippen LogP contribution in [0.2, 0.25) is 0 Å². The number of carbonyl (C=O) groups is 2. The smallest absolute Gasteiger partial charge is 0.287 e. The minimum atomic E-state index is -0.581. The fourth-order valence-electron chi connectivity index (χ4n) is 0.998. The number of nitrogens with one attached hydrogen (secondary N) is 1. The van der Waals surface area contributed by atoms with Crippen LogP contribution in [0.25, 0.3) is 0 Å². The third-order valence-corrected chi connectivity index (χ3v) is 2.80. The summed E-state index contributed by atoms with van der Waals surface area (Å²) in [5, 5.41) is 2.65. The molecule has 0 saturated carbocycles. The highest BCUT2D eigenvalue weighted by atomic mass is 32.2. The largest absolute Gasteiger partial charge is 0.308 e. The van der Waals surface area contributed by atoms with Gasteiger partial charge >= 0.3 is 0 Å². The topological polar surface area (TPSA) is 78.7 Å². The van der Waals surface area contributed by atoms with Crippen LogP contribution in [0.15, 0.2) is 0 Å². The number of rotatable bonds is 4. The van der Waals surface area contributed by atoms with Crippen molar-refractivity contribution < 1.29 is 9.59 Å². The maximum Gasteiger partial charge on any atom is 0.287 e. The molecule has 0 aromatic carbocycles. The van der Waals surface area contributed by atoms with Gasteiger partial charge in [-0.2, -0.15) is 0 Å². The molecule has 0 bridgehead atoms. The number of thioether (sulfide) groups is 1. The van der Waals surface area contributed by atoms with Crippen LogP contribution in [0.1, 0.15) is 0 Å². The van der Waals surface area contributed by atoms with E-state index >= 15 is 0 Å². The summed E-state index contributed by atoms with van der Waals surface area (Å²) < 4.78 is 0. The highest BCUT2D eigenvalue weighted by Crippen LogP contribution is 2.19. The Morgan fingerprint density at radius 1 is 1.43 bits per heavy atom. The van der Waals surface area contributed by atoms with Gasteiger partial charge in [0.25, 0.3) is 11.1 Å². The summed E-state index contributed by atoms with van der Waals surface area (Å²) in [6, 6.07) is 0. The third kappa shape index (κ3) is 2.95. The Morgan fingerprint density at radius 3 is 2.50 bits per heavy atom. The zero-order valence-corrected chi connectivity index (χ0v) is 9.00. The number of nitrogens with zero attached hydrogens (tertiary/aromatic N) is 2. The summed E-state index contributed by atoms with van der Waals surface area (Å²) in [6.07, 6.45) is 0. The van der Waals surface area contributed by atoms with Crippen LogP contribution in [-0.4, -0.2) is 53.6 Å². The molecule has 0 aromatic rings. The third-order valence-electron chi connectivity index (χ3n) is 1.77. The number of hydrogen-bond donors (Lipinski definition) is 2. The predicted molar refractivity (Wildman–Crippen MR) is 54.4 cm³/mol. The van der Waals surface area contributed by atoms with E-state index in [1.54, 1.807) is 0 Å². The lowest BCUT2D eigenvalue weighted by Gasteiger charge is -2.21. The summed E-state index contributed by atoms with van der Waals surface area (Å²) in [5.41, 5.74) is 0. The minimum absolute atomic E-state index is 0.332. The summed E-state index contributed by atoms with van der Waals surface area (Å²) in [7, 11) is 3.84. The van der Waals surface area contributed by atoms with E-state index < -0.39 is 5.37 Å². The normalized spacial score (nSPS) is 22.2. The molecule has 2 amide bonds. The average Bonchev–Trinajstić information content (AvgIpc) is 2.41. The van der Waals surface area contributed by atoms with Crippen LogP contribution >= 0.6 is 11.8 Å². The van der Waals surface area contributed by atoms with Gasteiger partial charge in [-0.1, -0.05) is 0 Å². The van der Waals surface area contributed by atoms with Crippen molar-refractivity contribution in [3.8, 4) is 0 Å². The summed E-state index contributed by atoms with van der Waals surface area (Å²) in [4.78, 5) is 24.0. The fourth-order valence-corrected chi connectivity index (χ4v) is 1.77. The van der Waals surface area contributed by atoms with Crippen LogP contribution in [0.4, 0.5) is 4.79 Å². The molecule has 6 nitrogen and oxygen atoms in total. The monoisotopic (exact) mass is 218 g/mol. The Hall–Kier alpha value is -0.630. The van der Waals surface area contributed by atoms with Gasteiger partial charge in [-0.15, -0.1) is 0 Å². The van der Waals surface area contributed by atoms with Gasteiger partial charge in [0.15, 0.2) is 5.37 Å². The van der Waals surface area contributed by atoms with E-state index in [2.05, 4.69) is 5.32 Å². The van der Waals surface area contributed by atoms with Gasteiger partial charge in [-0.25, -0.2) is 5.01 Å². The molecule has 0 radical (unpaired) electrons. The molecule has 1 aliphatic rings. The van der Waals surface area contributed by atoms with Gasteiger partial charge in [-0.3, -0.25) is 20.7 Å². The molecule has 1 heterocycles. The Labute approximate surface area is 86.7 Å².